The summed E-state index contributed by atoms with van der Waals surface area (Å²) in [5.41, 5.74) is 6.32. The SMILES string of the molecule is CC1(C(N)c2cccc(F)c2F)CCCC1. The smallest absolute Gasteiger partial charge is 0.163 e. The van der Waals surface area contributed by atoms with E-state index in [-0.39, 0.29) is 5.41 Å². The van der Waals surface area contributed by atoms with Gasteiger partial charge >= 0.3 is 0 Å². The van der Waals surface area contributed by atoms with Crippen LogP contribution >= 0.6 is 0 Å². The molecule has 1 nitrogen and oxygen atoms in total. The average Bonchev–Trinajstić information content (AvgIpc) is 2.70. The van der Waals surface area contributed by atoms with E-state index in [9.17, 15) is 8.78 Å². The van der Waals surface area contributed by atoms with E-state index in [2.05, 4.69) is 6.92 Å². The molecule has 0 radical (unpaired) electrons. The van der Waals surface area contributed by atoms with E-state index in [4.69, 9.17) is 5.73 Å². The lowest BCUT2D eigenvalue weighted by Gasteiger charge is -2.31. The first-order chi connectivity index (χ1) is 7.54. The number of benzene rings is 1. The number of hydrogen-bond acceptors (Lipinski definition) is 1. The van der Waals surface area contributed by atoms with Gasteiger partial charge in [0.25, 0.3) is 0 Å². The van der Waals surface area contributed by atoms with Crippen molar-refractivity contribution in [2.45, 2.75) is 38.6 Å². The van der Waals surface area contributed by atoms with Crippen LogP contribution < -0.4 is 5.73 Å². The number of nitrogens with two attached hydrogens (primary N) is 1. The normalized spacial score (nSPS) is 21.0. The fourth-order valence-electron chi connectivity index (χ4n) is 2.63. The Labute approximate surface area is 94.7 Å². The van der Waals surface area contributed by atoms with Crippen LogP contribution in [0.4, 0.5) is 8.78 Å². The third-order valence-electron chi connectivity index (χ3n) is 3.81. The van der Waals surface area contributed by atoms with Gasteiger partial charge in [-0.2, -0.15) is 0 Å². The zero-order valence-electron chi connectivity index (χ0n) is 9.47. The van der Waals surface area contributed by atoms with Crippen LogP contribution in [-0.2, 0) is 0 Å². The van der Waals surface area contributed by atoms with Gasteiger partial charge in [-0.05, 0) is 24.3 Å². The summed E-state index contributed by atoms with van der Waals surface area (Å²) in [4.78, 5) is 0. The Morgan fingerprint density at radius 1 is 1.25 bits per heavy atom. The Kier molecular flexibility index (Phi) is 2.98. The summed E-state index contributed by atoms with van der Waals surface area (Å²) in [6.45, 7) is 2.06. The highest BCUT2D eigenvalue weighted by Crippen LogP contribution is 2.46. The second-order valence-electron chi connectivity index (χ2n) is 4.98. The summed E-state index contributed by atoms with van der Waals surface area (Å²) >= 11 is 0. The third-order valence-corrected chi connectivity index (χ3v) is 3.81. The standard InChI is InChI=1S/C13H17F2N/c1-13(7-2-3-8-13)12(16)9-5-4-6-10(14)11(9)15/h4-6,12H,2-3,7-8,16H2,1H3. The molecule has 16 heavy (non-hydrogen) atoms. The molecule has 0 saturated heterocycles. The molecule has 2 rings (SSSR count). The topological polar surface area (TPSA) is 26.0 Å². The minimum atomic E-state index is -0.811. The van der Waals surface area contributed by atoms with Crippen LogP contribution in [0.25, 0.3) is 0 Å². The molecule has 2 N–H and O–H groups in total. The third kappa shape index (κ3) is 1.84. The molecule has 0 bridgehead atoms. The largest absolute Gasteiger partial charge is 0.323 e. The number of hydrogen-bond donors (Lipinski definition) is 1. The molecule has 1 atom stereocenters. The lowest BCUT2D eigenvalue weighted by Crippen LogP contribution is -2.30. The highest BCUT2D eigenvalue weighted by molar-refractivity contribution is 5.24. The van der Waals surface area contributed by atoms with Crippen LogP contribution in [-0.4, -0.2) is 0 Å². The lowest BCUT2D eigenvalue weighted by atomic mass is 9.77. The molecule has 1 fully saturated rings. The van der Waals surface area contributed by atoms with Crippen molar-refractivity contribution in [2.24, 2.45) is 11.1 Å². The van der Waals surface area contributed by atoms with Crippen molar-refractivity contribution in [3.05, 3.63) is 35.4 Å². The van der Waals surface area contributed by atoms with E-state index in [0.717, 1.165) is 31.7 Å². The van der Waals surface area contributed by atoms with Crippen molar-refractivity contribution in [1.82, 2.24) is 0 Å². The van der Waals surface area contributed by atoms with Crippen molar-refractivity contribution in [1.29, 1.82) is 0 Å². The molecule has 0 heterocycles. The summed E-state index contributed by atoms with van der Waals surface area (Å²) in [6, 6.07) is 3.83. The zero-order chi connectivity index (χ0) is 11.8. The molecule has 0 spiro atoms. The molecule has 1 aromatic rings. The van der Waals surface area contributed by atoms with Crippen molar-refractivity contribution in [2.75, 3.05) is 0 Å². The van der Waals surface area contributed by atoms with Gasteiger partial charge < -0.3 is 5.73 Å². The van der Waals surface area contributed by atoms with E-state index in [1.54, 1.807) is 6.07 Å². The molecule has 88 valence electrons. The second-order valence-corrected chi connectivity index (χ2v) is 4.98. The minimum Gasteiger partial charge on any atom is -0.323 e. The van der Waals surface area contributed by atoms with Crippen molar-refractivity contribution in [3.8, 4) is 0 Å². The van der Waals surface area contributed by atoms with E-state index in [1.165, 1.54) is 6.07 Å². The van der Waals surface area contributed by atoms with Gasteiger partial charge in [-0.15, -0.1) is 0 Å². The first-order valence-corrected chi connectivity index (χ1v) is 5.74. The van der Waals surface area contributed by atoms with Gasteiger partial charge in [0, 0.05) is 11.6 Å². The summed E-state index contributed by atoms with van der Waals surface area (Å²) in [5, 5.41) is 0. The predicted molar refractivity (Wildman–Crippen MR) is 59.9 cm³/mol. The molecule has 0 aromatic heterocycles. The Hall–Kier alpha value is -0.960. The Morgan fingerprint density at radius 2 is 1.88 bits per heavy atom. The van der Waals surface area contributed by atoms with Crippen LogP contribution in [0.2, 0.25) is 0 Å². The quantitative estimate of drug-likeness (QED) is 0.818. The maximum atomic E-state index is 13.6. The Morgan fingerprint density at radius 3 is 2.50 bits per heavy atom. The molecule has 1 unspecified atom stereocenters. The monoisotopic (exact) mass is 225 g/mol. The highest BCUT2D eigenvalue weighted by Gasteiger charge is 2.37. The first kappa shape index (κ1) is 11.5. The van der Waals surface area contributed by atoms with Gasteiger partial charge in [0.05, 0.1) is 0 Å². The molecule has 1 aliphatic carbocycles. The van der Waals surface area contributed by atoms with Crippen molar-refractivity contribution < 1.29 is 8.78 Å². The van der Waals surface area contributed by atoms with Gasteiger partial charge in [0.15, 0.2) is 11.6 Å². The molecule has 1 aromatic carbocycles. The van der Waals surface area contributed by atoms with Crippen LogP contribution in [0.5, 0.6) is 0 Å². The van der Waals surface area contributed by atoms with Crippen molar-refractivity contribution in [3.63, 3.8) is 0 Å². The van der Waals surface area contributed by atoms with E-state index in [0.29, 0.717) is 5.56 Å². The van der Waals surface area contributed by atoms with Crippen molar-refractivity contribution >= 4 is 0 Å². The van der Waals surface area contributed by atoms with E-state index < -0.39 is 17.7 Å². The van der Waals surface area contributed by atoms with Gasteiger partial charge in [0.1, 0.15) is 0 Å². The molecular weight excluding hydrogens is 208 g/mol. The van der Waals surface area contributed by atoms with Gasteiger partial charge in [0.2, 0.25) is 0 Å². The summed E-state index contributed by atoms with van der Waals surface area (Å²) in [6.07, 6.45) is 4.23. The summed E-state index contributed by atoms with van der Waals surface area (Å²) < 4.78 is 26.7. The first-order valence-electron chi connectivity index (χ1n) is 5.74. The highest BCUT2D eigenvalue weighted by atomic mass is 19.2. The summed E-state index contributed by atoms with van der Waals surface area (Å²) in [7, 11) is 0. The van der Waals surface area contributed by atoms with E-state index >= 15 is 0 Å². The Bertz CT molecular complexity index is 384. The molecule has 3 heteroatoms. The van der Waals surface area contributed by atoms with E-state index in [1.807, 2.05) is 0 Å². The van der Waals surface area contributed by atoms with Gasteiger partial charge in [-0.25, -0.2) is 8.78 Å². The van der Waals surface area contributed by atoms with Crippen LogP contribution in [0, 0.1) is 17.0 Å². The number of halogens is 2. The average molecular weight is 225 g/mol. The molecule has 1 aliphatic rings. The van der Waals surface area contributed by atoms with Crippen LogP contribution in [0.15, 0.2) is 18.2 Å². The fraction of sp³-hybridized carbons (Fsp3) is 0.538. The lowest BCUT2D eigenvalue weighted by molar-refractivity contribution is 0.258. The predicted octanol–water partition coefficient (Wildman–Crippen LogP) is 3.54. The minimum absolute atomic E-state index is 0.0887. The van der Waals surface area contributed by atoms with Gasteiger partial charge in [-0.1, -0.05) is 31.9 Å². The van der Waals surface area contributed by atoms with Gasteiger partial charge in [-0.3, -0.25) is 0 Å². The van der Waals surface area contributed by atoms with Crippen LogP contribution in [0.3, 0.4) is 0 Å². The number of rotatable bonds is 2. The molecular formula is C13H17F2N. The molecule has 1 saturated carbocycles. The molecule has 0 aliphatic heterocycles. The maximum Gasteiger partial charge on any atom is 0.163 e. The maximum absolute atomic E-state index is 13.6. The summed E-state index contributed by atoms with van der Waals surface area (Å²) in [5.74, 6) is -1.60. The molecule has 0 amide bonds. The fourth-order valence-corrected chi connectivity index (χ4v) is 2.63. The Balaban J connectivity index is 2.33. The zero-order valence-corrected chi connectivity index (χ0v) is 9.47. The van der Waals surface area contributed by atoms with Crippen LogP contribution in [0.1, 0.15) is 44.2 Å². The second kappa shape index (κ2) is 4.13.